The molecule has 1 atom stereocenters. The number of hydrogen-bond acceptors (Lipinski definition) is 5. The predicted octanol–water partition coefficient (Wildman–Crippen LogP) is 5.28. The van der Waals surface area contributed by atoms with Crippen LogP contribution in [0.1, 0.15) is 53.5 Å². The zero-order valence-corrected chi connectivity index (χ0v) is 18.4. The fourth-order valence-electron chi connectivity index (χ4n) is 3.71. The number of hydrogen-bond donors (Lipinski definition) is 0. The van der Waals surface area contributed by atoms with Gasteiger partial charge in [0.05, 0.1) is 23.4 Å². The van der Waals surface area contributed by atoms with E-state index in [-0.39, 0.29) is 24.0 Å². The molecule has 2 heterocycles. The summed E-state index contributed by atoms with van der Waals surface area (Å²) in [7, 11) is 0. The monoisotopic (exact) mass is 430 g/mol. The molecular weight excluding hydrogens is 404 g/mol. The van der Waals surface area contributed by atoms with E-state index in [0.29, 0.717) is 34.9 Å². The second kappa shape index (κ2) is 9.22. The van der Waals surface area contributed by atoms with Crippen LogP contribution in [0.15, 0.2) is 66.9 Å². The largest absolute Gasteiger partial charge is 0.475 e. The Kier molecular flexibility index (Phi) is 6.21. The molecule has 0 N–H and O–H groups in total. The molecule has 0 radical (unpaired) electrons. The second-order valence-corrected chi connectivity index (χ2v) is 8.16. The van der Waals surface area contributed by atoms with E-state index in [4.69, 9.17) is 9.47 Å². The number of carbonyl (C=O) groups excluding carboxylic acids is 2. The standard InChI is InChI=1S/C26H26N2O4/c1-17(2)31-24-15-14-21(16-27-24)32-20-12-10-19(11-13-20)9-8-18(3)28-25(29)22-6-4-5-7-23(22)26(28)30/h4-7,10-18H,8-9H2,1-3H3/t18-/m0/s1. The van der Waals surface area contributed by atoms with Gasteiger partial charge in [-0.3, -0.25) is 14.5 Å². The third kappa shape index (κ3) is 4.64. The van der Waals surface area contributed by atoms with Crippen LogP contribution in [0.5, 0.6) is 17.4 Å². The van der Waals surface area contributed by atoms with Crippen LogP contribution < -0.4 is 9.47 Å². The first-order valence-corrected chi connectivity index (χ1v) is 10.8. The highest BCUT2D eigenvalue weighted by Crippen LogP contribution is 2.27. The summed E-state index contributed by atoms with van der Waals surface area (Å²) >= 11 is 0. The van der Waals surface area contributed by atoms with E-state index in [1.807, 2.05) is 51.1 Å². The number of fused-ring (bicyclic) bond motifs is 1. The van der Waals surface area contributed by atoms with Crippen molar-refractivity contribution in [2.24, 2.45) is 0 Å². The Morgan fingerprint density at radius 3 is 2.03 bits per heavy atom. The lowest BCUT2D eigenvalue weighted by Gasteiger charge is -2.22. The third-order valence-corrected chi connectivity index (χ3v) is 5.34. The SMILES string of the molecule is CC(C)Oc1ccc(Oc2ccc(CC[C@H](C)N3C(=O)c4ccccc4C3=O)cc2)cn1. The number of carbonyl (C=O) groups is 2. The van der Waals surface area contributed by atoms with Crippen LogP contribution in [0, 0.1) is 0 Å². The van der Waals surface area contributed by atoms with E-state index in [1.54, 1.807) is 36.5 Å². The van der Waals surface area contributed by atoms with Crippen molar-refractivity contribution in [1.82, 2.24) is 9.88 Å². The fourth-order valence-corrected chi connectivity index (χ4v) is 3.71. The minimum absolute atomic E-state index is 0.0709. The first-order chi connectivity index (χ1) is 15.4. The van der Waals surface area contributed by atoms with Gasteiger partial charge in [-0.25, -0.2) is 4.98 Å². The maximum atomic E-state index is 12.6. The average Bonchev–Trinajstić information content (AvgIpc) is 3.04. The van der Waals surface area contributed by atoms with Gasteiger partial charge in [-0.1, -0.05) is 24.3 Å². The van der Waals surface area contributed by atoms with Gasteiger partial charge in [0.25, 0.3) is 11.8 Å². The van der Waals surface area contributed by atoms with Crippen molar-refractivity contribution >= 4 is 11.8 Å². The summed E-state index contributed by atoms with van der Waals surface area (Å²) in [6.07, 6.45) is 3.14. The minimum atomic E-state index is -0.208. The Balaban J connectivity index is 1.32. The molecule has 0 spiro atoms. The molecule has 0 aliphatic carbocycles. The van der Waals surface area contributed by atoms with Crippen molar-refractivity contribution in [3.05, 3.63) is 83.6 Å². The molecule has 1 aliphatic heterocycles. The molecular formula is C26H26N2O4. The van der Waals surface area contributed by atoms with Crippen molar-refractivity contribution in [2.75, 3.05) is 0 Å². The van der Waals surface area contributed by atoms with Crippen LogP contribution in [0.2, 0.25) is 0 Å². The summed E-state index contributed by atoms with van der Waals surface area (Å²) in [4.78, 5) is 30.9. The molecule has 2 amide bonds. The summed E-state index contributed by atoms with van der Waals surface area (Å²) in [5.41, 5.74) is 2.09. The van der Waals surface area contributed by atoms with Gasteiger partial charge in [-0.05, 0) is 69.5 Å². The summed E-state index contributed by atoms with van der Waals surface area (Å²) in [6.45, 7) is 5.82. The lowest BCUT2D eigenvalue weighted by molar-refractivity contribution is 0.0590. The number of rotatable bonds is 8. The maximum Gasteiger partial charge on any atom is 0.261 e. The minimum Gasteiger partial charge on any atom is -0.475 e. The van der Waals surface area contributed by atoms with E-state index in [1.165, 1.54) is 4.90 Å². The van der Waals surface area contributed by atoms with E-state index >= 15 is 0 Å². The molecule has 3 aromatic rings. The average molecular weight is 431 g/mol. The molecule has 0 saturated heterocycles. The van der Waals surface area contributed by atoms with Gasteiger partial charge in [0.2, 0.25) is 5.88 Å². The van der Waals surface area contributed by atoms with Gasteiger partial charge < -0.3 is 9.47 Å². The van der Waals surface area contributed by atoms with Gasteiger partial charge >= 0.3 is 0 Å². The third-order valence-electron chi connectivity index (χ3n) is 5.34. The quantitative estimate of drug-likeness (QED) is 0.455. The normalized spacial score (nSPS) is 13.9. The van der Waals surface area contributed by atoms with Crippen molar-refractivity contribution < 1.29 is 19.1 Å². The number of ether oxygens (including phenoxy) is 2. The molecule has 2 aromatic carbocycles. The van der Waals surface area contributed by atoms with E-state index in [2.05, 4.69) is 4.98 Å². The predicted molar refractivity (Wildman–Crippen MR) is 121 cm³/mol. The highest BCUT2D eigenvalue weighted by atomic mass is 16.5. The zero-order valence-electron chi connectivity index (χ0n) is 18.4. The molecule has 1 aromatic heterocycles. The Morgan fingerprint density at radius 2 is 1.47 bits per heavy atom. The molecule has 0 fully saturated rings. The first kappa shape index (κ1) is 21.6. The Hall–Kier alpha value is -3.67. The fraction of sp³-hybridized carbons (Fsp3) is 0.269. The molecule has 32 heavy (non-hydrogen) atoms. The molecule has 6 nitrogen and oxygen atoms in total. The molecule has 1 aliphatic rings. The van der Waals surface area contributed by atoms with Gasteiger partial charge in [0.15, 0.2) is 0 Å². The number of pyridine rings is 1. The van der Waals surface area contributed by atoms with Gasteiger partial charge in [0.1, 0.15) is 11.5 Å². The lowest BCUT2D eigenvalue weighted by atomic mass is 10.1. The van der Waals surface area contributed by atoms with Crippen LogP contribution in [-0.2, 0) is 6.42 Å². The second-order valence-electron chi connectivity index (χ2n) is 8.16. The van der Waals surface area contributed by atoms with E-state index in [9.17, 15) is 9.59 Å². The summed E-state index contributed by atoms with van der Waals surface area (Å²) in [6, 6.07) is 18.2. The summed E-state index contributed by atoms with van der Waals surface area (Å²) in [5.74, 6) is 1.49. The highest BCUT2D eigenvalue weighted by Gasteiger charge is 2.37. The topological polar surface area (TPSA) is 68.7 Å². The first-order valence-electron chi connectivity index (χ1n) is 10.8. The van der Waals surface area contributed by atoms with Gasteiger partial charge in [0, 0.05) is 12.1 Å². The molecule has 0 saturated carbocycles. The van der Waals surface area contributed by atoms with Crippen molar-refractivity contribution in [2.45, 2.75) is 45.8 Å². The van der Waals surface area contributed by atoms with Crippen molar-refractivity contribution in [1.29, 1.82) is 0 Å². The molecule has 0 bridgehead atoms. The molecule has 164 valence electrons. The Labute approximate surface area is 187 Å². The Bertz CT molecular complexity index is 1070. The maximum absolute atomic E-state index is 12.6. The van der Waals surface area contributed by atoms with Crippen molar-refractivity contribution in [3.63, 3.8) is 0 Å². The van der Waals surface area contributed by atoms with E-state index < -0.39 is 0 Å². The molecule has 0 unspecified atom stereocenters. The summed E-state index contributed by atoms with van der Waals surface area (Å²) in [5, 5.41) is 0. The number of aromatic nitrogens is 1. The van der Waals surface area contributed by atoms with Crippen LogP contribution in [0.4, 0.5) is 0 Å². The van der Waals surface area contributed by atoms with Crippen LogP contribution in [0.3, 0.4) is 0 Å². The summed E-state index contributed by atoms with van der Waals surface area (Å²) < 4.78 is 11.4. The van der Waals surface area contributed by atoms with Crippen LogP contribution in [-0.4, -0.2) is 33.8 Å². The number of amides is 2. The van der Waals surface area contributed by atoms with Crippen molar-refractivity contribution in [3.8, 4) is 17.4 Å². The smallest absolute Gasteiger partial charge is 0.261 e. The van der Waals surface area contributed by atoms with Crippen LogP contribution >= 0.6 is 0 Å². The number of imide groups is 1. The molecule has 4 rings (SSSR count). The highest BCUT2D eigenvalue weighted by molar-refractivity contribution is 6.21. The Morgan fingerprint density at radius 1 is 0.844 bits per heavy atom. The number of aryl methyl sites for hydroxylation is 1. The molecule has 6 heteroatoms. The number of benzene rings is 2. The number of nitrogens with zero attached hydrogens (tertiary/aromatic N) is 2. The van der Waals surface area contributed by atoms with E-state index in [0.717, 1.165) is 12.0 Å². The lowest BCUT2D eigenvalue weighted by Crippen LogP contribution is -2.38. The zero-order chi connectivity index (χ0) is 22.7. The van der Waals surface area contributed by atoms with Gasteiger partial charge in [-0.2, -0.15) is 0 Å². The van der Waals surface area contributed by atoms with Crippen LogP contribution in [0.25, 0.3) is 0 Å². The van der Waals surface area contributed by atoms with Gasteiger partial charge in [-0.15, -0.1) is 0 Å².